The molecule has 5 aliphatic carbocycles. The molecule has 5 unspecified atom stereocenters. The summed E-state index contributed by atoms with van der Waals surface area (Å²) in [5.41, 5.74) is 0. The van der Waals surface area contributed by atoms with Gasteiger partial charge in [-0.25, -0.2) is 0 Å². The second-order valence-corrected chi connectivity index (χ2v) is 13.2. The molecule has 1 nitrogen and oxygen atoms in total. The molecule has 0 spiro atoms. The lowest BCUT2D eigenvalue weighted by atomic mass is 9.65. The van der Waals surface area contributed by atoms with Crippen molar-refractivity contribution in [1.29, 1.82) is 0 Å². The highest BCUT2D eigenvalue weighted by Crippen LogP contribution is 2.49. The Hall–Kier alpha value is -0.0400. The minimum Gasteiger partial charge on any atom is -0.309 e. The average Bonchev–Trinajstić information content (AvgIpc) is 3.19. The summed E-state index contributed by atoms with van der Waals surface area (Å²) in [5.74, 6) is 8.46. The molecule has 5 rings (SSSR count). The molecule has 5 fully saturated rings. The van der Waals surface area contributed by atoms with Gasteiger partial charge in [-0.2, -0.15) is 0 Å². The number of nitrogens with zero attached hydrogens (tertiary/aromatic N) is 1. The first-order valence-electron chi connectivity index (χ1n) is 14.7. The van der Waals surface area contributed by atoms with E-state index in [1.54, 1.807) is 83.5 Å². The monoisotopic (exact) mass is 429 g/mol. The summed E-state index contributed by atoms with van der Waals surface area (Å²) in [5, 5.41) is 0. The van der Waals surface area contributed by atoms with Crippen LogP contribution in [0.2, 0.25) is 0 Å². The van der Waals surface area contributed by atoms with Crippen molar-refractivity contribution in [3.63, 3.8) is 0 Å². The zero-order chi connectivity index (χ0) is 21.6. The van der Waals surface area contributed by atoms with E-state index in [9.17, 15) is 0 Å². The molecule has 5 aliphatic rings. The fourth-order valence-corrected chi connectivity index (χ4v) is 8.44. The number of hydrogen-bond donors (Lipinski definition) is 0. The van der Waals surface area contributed by atoms with E-state index in [0.29, 0.717) is 0 Å². The highest BCUT2D eigenvalue weighted by molar-refractivity contribution is 4.89. The minimum absolute atomic E-state index is 0.985. The van der Waals surface area contributed by atoms with Gasteiger partial charge in [0.15, 0.2) is 0 Å². The summed E-state index contributed by atoms with van der Waals surface area (Å²) in [6.07, 6.45) is 27.9. The van der Waals surface area contributed by atoms with Crippen molar-refractivity contribution in [1.82, 2.24) is 4.90 Å². The Bertz CT molecular complexity index is 501. The van der Waals surface area contributed by atoms with Crippen molar-refractivity contribution in [2.24, 2.45) is 47.3 Å². The van der Waals surface area contributed by atoms with Gasteiger partial charge < -0.3 is 4.90 Å². The Morgan fingerprint density at radius 3 is 2.06 bits per heavy atom. The van der Waals surface area contributed by atoms with Crippen molar-refractivity contribution in [3.8, 4) is 0 Å². The molecule has 0 aromatic carbocycles. The van der Waals surface area contributed by atoms with Crippen LogP contribution in [-0.4, -0.2) is 25.5 Å². The third-order valence-corrected chi connectivity index (χ3v) is 10.5. The number of fused-ring (bicyclic) bond motifs is 3. The summed E-state index contributed by atoms with van der Waals surface area (Å²) in [6.45, 7) is 3.97. The maximum atomic E-state index is 2.69. The Morgan fingerprint density at radius 1 is 0.645 bits per heavy atom. The van der Waals surface area contributed by atoms with Gasteiger partial charge in [0, 0.05) is 0 Å². The van der Waals surface area contributed by atoms with Gasteiger partial charge in [-0.1, -0.05) is 84.0 Å². The van der Waals surface area contributed by atoms with Crippen LogP contribution >= 0.6 is 0 Å². The van der Waals surface area contributed by atoms with Crippen LogP contribution in [0.25, 0.3) is 0 Å². The normalized spacial score (nSPS) is 40.1. The van der Waals surface area contributed by atoms with Crippen LogP contribution in [0.4, 0.5) is 0 Å². The van der Waals surface area contributed by atoms with Gasteiger partial charge in [0.1, 0.15) is 0 Å². The van der Waals surface area contributed by atoms with Crippen LogP contribution in [0.5, 0.6) is 0 Å². The maximum Gasteiger partial charge on any atom is -0.00248 e. The smallest absolute Gasteiger partial charge is 0.00248 e. The lowest BCUT2D eigenvalue weighted by Crippen LogP contribution is -2.30. The molecule has 0 heterocycles. The van der Waals surface area contributed by atoms with E-state index in [0.717, 1.165) is 47.3 Å². The second kappa shape index (κ2) is 11.9. The Labute approximate surface area is 195 Å². The van der Waals surface area contributed by atoms with Gasteiger partial charge in [-0.3, -0.25) is 0 Å². The van der Waals surface area contributed by atoms with Crippen molar-refractivity contribution >= 4 is 0 Å². The zero-order valence-corrected chi connectivity index (χ0v) is 21.5. The molecule has 0 amide bonds. The summed E-state index contributed by atoms with van der Waals surface area (Å²) in [4.78, 5) is 2.38. The molecule has 0 N–H and O–H groups in total. The maximum absolute atomic E-state index is 2.69. The molecule has 0 saturated heterocycles. The highest BCUT2D eigenvalue weighted by Gasteiger charge is 2.37. The van der Waals surface area contributed by atoms with Crippen LogP contribution in [0, 0.1) is 47.3 Å². The first-order chi connectivity index (χ1) is 15.1. The van der Waals surface area contributed by atoms with E-state index in [1.807, 2.05) is 0 Å². The van der Waals surface area contributed by atoms with Crippen LogP contribution in [0.15, 0.2) is 0 Å². The lowest BCUT2D eigenvalue weighted by molar-refractivity contribution is 0.101. The van der Waals surface area contributed by atoms with E-state index in [1.165, 1.54) is 38.6 Å². The molecule has 1 heteroatoms. The fraction of sp³-hybridized carbons (Fsp3) is 1.00. The van der Waals surface area contributed by atoms with Gasteiger partial charge in [0.25, 0.3) is 0 Å². The van der Waals surface area contributed by atoms with Gasteiger partial charge in [-0.15, -0.1) is 0 Å². The topological polar surface area (TPSA) is 3.24 Å². The van der Waals surface area contributed by atoms with E-state index in [4.69, 9.17) is 0 Å². The van der Waals surface area contributed by atoms with Crippen LogP contribution in [0.1, 0.15) is 122 Å². The molecule has 0 aliphatic heterocycles. The molecule has 4 bridgehead atoms. The number of unbranched alkanes of at least 4 members (excludes halogenated alkanes) is 1. The Morgan fingerprint density at radius 2 is 1.32 bits per heavy atom. The van der Waals surface area contributed by atoms with Gasteiger partial charge >= 0.3 is 0 Å². The minimum atomic E-state index is 0.985. The Balaban J connectivity index is 1.44. The first kappa shape index (κ1) is 24.1. The van der Waals surface area contributed by atoms with Crippen LogP contribution in [0.3, 0.4) is 0 Å². The predicted octanol–water partition coefficient (Wildman–Crippen LogP) is 8.57. The average molecular weight is 430 g/mol. The van der Waals surface area contributed by atoms with Crippen molar-refractivity contribution in [3.05, 3.63) is 0 Å². The summed E-state index contributed by atoms with van der Waals surface area (Å²) < 4.78 is 0. The molecule has 0 aromatic heterocycles. The molecule has 0 aromatic rings. The number of rotatable bonds is 7. The SMILES string of the molecule is CC1CCC2CC(CCC3CCC(CCCCN(C)C)CC(CC4CCCC4)C1C3)C2. The molecular formula is C30H55N. The highest BCUT2D eigenvalue weighted by atomic mass is 15.0. The fourth-order valence-electron chi connectivity index (χ4n) is 8.44. The first-order valence-corrected chi connectivity index (χ1v) is 14.7. The van der Waals surface area contributed by atoms with Crippen molar-refractivity contribution in [2.75, 3.05) is 20.6 Å². The van der Waals surface area contributed by atoms with Crippen LogP contribution < -0.4 is 0 Å². The summed E-state index contributed by atoms with van der Waals surface area (Å²) >= 11 is 0. The lowest BCUT2D eigenvalue weighted by Gasteiger charge is -2.40. The van der Waals surface area contributed by atoms with E-state index < -0.39 is 0 Å². The largest absolute Gasteiger partial charge is 0.309 e. The van der Waals surface area contributed by atoms with Gasteiger partial charge in [0.2, 0.25) is 0 Å². The molecule has 31 heavy (non-hydrogen) atoms. The predicted molar refractivity (Wildman–Crippen MR) is 135 cm³/mol. The van der Waals surface area contributed by atoms with E-state index in [-0.39, 0.29) is 0 Å². The molecule has 5 atom stereocenters. The van der Waals surface area contributed by atoms with E-state index in [2.05, 4.69) is 25.9 Å². The third-order valence-electron chi connectivity index (χ3n) is 10.5. The quantitative estimate of drug-likeness (QED) is 0.366. The molecule has 0 radical (unpaired) electrons. The molecular weight excluding hydrogens is 374 g/mol. The molecule has 180 valence electrons. The standard InChI is InChI=1S/C30H55N/c1-23-11-12-27-18-28(19-27)16-15-26-14-13-25(10-6-7-17-31(2)3)21-29(30(23)22-26)20-24-8-4-5-9-24/h23-30H,4-22H2,1-3H3. The van der Waals surface area contributed by atoms with Crippen LogP contribution in [-0.2, 0) is 0 Å². The Kier molecular flexibility index (Phi) is 9.25. The van der Waals surface area contributed by atoms with Gasteiger partial charge in [0.05, 0.1) is 0 Å². The van der Waals surface area contributed by atoms with Crippen molar-refractivity contribution < 1.29 is 0 Å². The summed E-state index contributed by atoms with van der Waals surface area (Å²) in [6, 6.07) is 0. The third kappa shape index (κ3) is 7.22. The van der Waals surface area contributed by atoms with E-state index >= 15 is 0 Å². The van der Waals surface area contributed by atoms with Gasteiger partial charge in [-0.05, 0) is 107 Å². The molecule has 5 saturated carbocycles. The zero-order valence-electron chi connectivity index (χ0n) is 21.5. The summed E-state index contributed by atoms with van der Waals surface area (Å²) in [7, 11) is 4.47. The number of hydrogen-bond acceptors (Lipinski definition) is 1. The van der Waals surface area contributed by atoms with Crippen molar-refractivity contribution in [2.45, 2.75) is 122 Å². The second-order valence-electron chi connectivity index (χ2n) is 13.2.